The van der Waals surface area contributed by atoms with Crippen LogP contribution >= 0.6 is 7.26 Å². The van der Waals surface area contributed by atoms with Gasteiger partial charge in [0.05, 0.1) is 0 Å². The summed E-state index contributed by atoms with van der Waals surface area (Å²) in [5.74, 6) is 0. The van der Waals surface area contributed by atoms with E-state index in [0.717, 1.165) is 0 Å². The van der Waals surface area contributed by atoms with Crippen molar-refractivity contribution in [3.8, 4) is 0 Å². The molecule has 0 N–H and O–H groups in total. The molecule has 0 rings (SSSR count). The monoisotopic (exact) mass is 476 g/mol. The van der Waals surface area contributed by atoms with E-state index in [1.807, 2.05) is 0 Å². The van der Waals surface area contributed by atoms with Gasteiger partial charge in [-0.1, -0.05) is 0 Å². The summed E-state index contributed by atoms with van der Waals surface area (Å²) in [4.78, 5) is 0. The van der Waals surface area contributed by atoms with Crippen molar-refractivity contribution < 1.29 is 0 Å². The first kappa shape index (κ1) is 32.4. The average molecular weight is 477 g/mol. The molecule has 194 valence electrons. The van der Waals surface area contributed by atoms with Crippen LogP contribution in [0.5, 0.6) is 0 Å². The predicted octanol–water partition coefficient (Wildman–Crippen LogP) is 11.3. The second-order valence-corrected chi connectivity index (χ2v) is 15.1. The summed E-state index contributed by atoms with van der Waals surface area (Å²) < 4.78 is 0. The molecule has 0 saturated heterocycles. The molecule has 0 spiro atoms. The van der Waals surface area contributed by atoms with E-state index in [2.05, 4.69) is 76.3 Å². The summed E-state index contributed by atoms with van der Waals surface area (Å²) in [7, 11) is -1.21. The zero-order chi connectivity index (χ0) is 24.3. The molecule has 33 heavy (non-hydrogen) atoms. The van der Waals surface area contributed by atoms with Crippen molar-refractivity contribution in [2.24, 2.45) is 0 Å². The first-order valence-electron chi connectivity index (χ1n) is 14.8. The van der Waals surface area contributed by atoms with Gasteiger partial charge in [0, 0.05) is 0 Å². The predicted molar refractivity (Wildman–Crippen MR) is 161 cm³/mol. The van der Waals surface area contributed by atoms with E-state index in [0.29, 0.717) is 0 Å². The van der Waals surface area contributed by atoms with Gasteiger partial charge in [-0.05, 0) is 0 Å². The fraction of sp³-hybridized carbons (Fsp3) is 0.750. The summed E-state index contributed by atoms with van der Waals surface area (Å²) in [6.07, 6.45) is 46.8. The van der Waals surface area contributed by atoms with Crippen LogP contribution in [0.25, 0.3) is 0 Å². The molecule has 0 unspecified atom stereocenters. The molecule has 0 bridgehead atoms. The van der Waals surface area contributed by atoms with Crippen molar-refractivity contribution in [1.29, 1.82) is 0 Å². The molecule has 0 heterocycles. The van der Waals surface area contributed by atoms with Crippen LogP contribution in [0, 0.1) is 0 Å². The number of unbranched alkanes of at least 4 members (excludes halogenated alkanes) is 8. The number of hydrogen-bond acceptors (Lipinski definition) is 0. The normalized spacial score (nSPS) is 13.5. The second-order valence-electron chi connectivity index (χ2n) is 10.1. The van der Waals surface area contributed by atoms with Crippen LogP contribution in [0.4, 0.5) is 0 Å². The van der Waals surface area contributed by atoms with Gasteiger partial charge in [-0.25, -0.2) is 0 Å². The fourth-order valence-corrected chi connectivity index (χ4v) is 10.1. The molecule has 0 atom stereocenters. The molecule has 0 radical (unpaired) electrons. The Morgan fingerprint density at radius 1 is 0.333 bits per heavy atom. The summed E-state index contributed by atoms with van der Waals surface area (Å²) >= 11 is 0. The van der Waals surface area contributed by atoms with Crippen molar-refractivity contribution in [2.45, 2.75) is 130 Å². The van der Waals surface area contributed by atoms with Gasteiger partial charge in [-0.15, -0.1) is 0 Å². The van der Waals surface area contributed by atoms with Gasteiger partial charge in [0.15, 0.2) is 0 Å². The SMILES string of the molecule is CCC/C=C/CCC[PH](CCC/C=C/CCC)(CCC/C=C/CCC)CCC/C=C/CCC. The molecule has 0 amide bonds. The number of hydrogen-bond donors (Lipinski definition) is 0. The average Bonchev–Trinajstić information content (AvgIpc) is 2.83. The van der Waals surface area contributed by atoms with E-state index in [1.54, 1.807) is 24.6 Å². The standard InChI is InChI=1S/C32H61P/c1-5-9-13-17-21-25-29-33(30-26-22-18-14-10-6-2,31-27-23-19-15-11-7-3)32-28-24-20-16-12-8-4/h13-20,33H,5-12,21-32H2,1-4H3/b17-13+,18-14+,19-15+,20-16+. The Balaban J connectivity index is 5.01. The van der Waals surface area contributed by atoms with Gasteiger partial charge >= 0.3 is 211 Å². The van der Waals surface area contributed by atoms with Gasteiger partial charge in [-0.2, -0.15) is 0 Å². The molecule has 0 aromatic carbocycles. The number of rotatable bonds is 24. The van der Waals surface area contributed by atoms with Crippen molar-refractivity contribution in [1.82, 2.24) is 0 Å². The minimum absolute atomic E-state index is 1.21. The maximum atomic E-state index is 2.47. The van der Waals surface area contributed by atoms with Gasteiger partial charge in [-0.3, -0.25) is 0 Å². The Morgan fingerprint density at radius 3 is 0.758 bits per heavy atom. The molecule has 0 aliphatic carbocycles. The van der Waals surface area contributed by atoms with Crippen molar-refractivity contribution in [2.75, 3.05) is 24.6 Å². The van der Waals surface area contributed by atoms with Crippen LogP contribution in [-0.4, -0.2) is 24.6 Å². The quantitative estimate of drug-likeness (QED) is 0.0738. The van der Waals surface area contributed by atoms with Crippen LogP contribution in [-0.2, 0) is 0 Å². The zero-order valence-corrected chi connectivity index (χ0v) is 24.3. The van der Waals surface area contributed by atoms with E-state index in [4.69, 9.17) is 0 Å². The molecular weight excluding hydrogens is 415 g/mol. The molecule has 0 aliphatic heterocycles. The number of allylic oxidation sites excluding steroid dienone is 8. The second kappa shape index (κ2) is 26.0. The Hall–Kier alpha value is -0.610. The Labute approximate surface area is 210 Å². The fourth-order valence-electron chi connectivity index (χ4n) is 4.74. The van der Waals surface area contributed by atoms with E-state index in [-0.39, 0.29) is 0 Å². The summed E-state index contributed by atoms with van der Waals surface area (Å²) in [6, 6.07) is 0. The van der Waals surface area contributed by atoms with Crippen molar-refractivity contribution in [3.63, 3.8) is 0 Å². The van der Waals surface area contributed by atoms with E-state index in [9.17, 15) is 0 Å². The van der Waals surface area contributed by atoms with Gasteiger partial charge < -0.3 is 0 Å². The van der Waals surface area contributed by atoms with E-state index >= 15 is 0 Å². The molecule has 0 saturated carbocycles. The van der Waals surface area contributed by atoms with Crippen molar-refractivity contribution in [3.05, 3.63) is 48.6 Å². The van der Waals surface area contributed by atoms with Crippen LogP contribution in [0.2, 0.25) is 0 Å². The Morgan fingerprint density at radius 2 is 0.545 bits per heavy atom. The molecule has 0 aromatic heterocycles. The molecular formula is C32H61P. The molecule has 0 fully saturated rings. The van der Waals surface area contributed by atoms with E-state index in [1.165, 1.54) is 103 Å². The summed E-state index contributed by atoms with van der Waals surface area (Å²) in [5.41, 5.74) is 0. The topological polar surface area (TPSA) is 0 Å². The van der Waals surface area contributed by atoms with Crippen LogP contribution in [0.1, 0.15) is 130 Å². The first-order valence-corrected chi connectivity index (χ1v) is 17.7. The third-order valence-corrected chi connectivity index (χ3v) is 12.5. The Bertz CT molecular complexity index is 403. The molecule has 0 aromatic rings. The Kier molecular flexibility index (Phi) is 25.5. The first-order chi connectivity index (χ1) is 16.2. The summed E-state index contributed by atoms with van der Waals surface area (Å²) in [6.45, 7) is 9.12. The molecule has 0 nitrogen and oxygen atoms in total. The van der Waals surface area contributed by atoms with Crippen LogP contribution in [0.3, 0.4) is 0 Å². The van der Waals surface area contributed by atoms with Crippen molar-refractivity contribution >= 4 is 7.26 Å². The van der Waals surface area contributed by atoms with Crippen LogP contribution < -0.4 is 0 Å². The van der Waals surface area contributed by atoms with Gasteiger partial charge in [0.25, 0.3) is 0 Å². The summed E-state index contributed by atoms with van der Waals surface area (Å²) in [5, 5.41) is 0. The maximum absolute atomic E-state index is 2.47. The van der Waals surface area contributed by atoms with Gasteiger partial charge in [0.2, 0.25) is 0 Å². The third-order valence-electron chi connectivity index (χ3n) is 6.80. The molecule has 0 aliphatic rings. The molecule has 1 heteroatoms. The third kappa shape index (κ3) is 21.6. The van der Waals surface area contributed by atoms with E-state index < -0.39 is 7.26 Å². The minimum atomic E-state index is -1.21. The van der Waals surface area contributed by atoms with Gasteiger partial charge in [0.1, 0.15) is 0 Å². The zero-order valence-electron chi connectivity index (χ0n) is 23.3. The van der Waals surface area contributed by atoms with Crippen LogP contribution in [0.15, 0.2) is 48.6 Å².